The maximum atomic E-state index is 13.0. The number of phenols is 1. The molecule has 0 spiro atoms. The Hall–Kier alpha value is -1.58. The van der Waals surface area contributed by atoms with Crippen molar-refractivity contribution < 1.29 is 14.6 Å². The number of hydrogen-bond donors (Lipinski definition) is 2. The van der Waals surface area contributed by atoms with Crippen LogP contribution in [0.25, 0.3) is 0 Å². The molecule has 0 radical (unpaired) electrons. The molecule has 94 valence electrons. The van der Waals surface area contributed by atoms with Crippen molar-refractivity contribution in [2.45, 2.75) is 12.5 Å². The second-order valence-electron chi connectivity index (χ2n) is 4.06. The Morgan fingerprint density at radius 2 is 1.78 bits per heavy atom. The van der Waals surface area contributed by atoms with Gasteiger partial charge in [-0.2, -0.15) is 0 Å². The number of hydrogen-bond acceptors (Lipinski definition) is 2. The van der Waals surface area contributed by atoms with Gasteiger partial charge < -0.3 is 10.2 Å². The first-order chi connectivity index (χ1) is 8.56. The lowest BCUT2D eigenvalue weighted by atomic mass is 10.0. The first kappa shape index (κ1) is 12.9. The number of rotatable bonds is 3. The average molecular weight is 267 g/mol. The molecule has 2 N–H and O–H groups in total. The zero-order valence-electron chi connectivity index (χ0n) is 9.48. The van der Waals surface area contributed by atoms with Crippen LogP contribution in [0, 0.1) is 5.82 Å². The molecule has 2 aromatic carbocycles. The maximum Gasteiger partial charge on any atom is 0.141 e. The number of phenolic OH excluding ortho intramolecular Hbond substituents is 1. The number of aliphatic hydroxyl groups excluding tert-OH is 1. The van der Waals surface area contributed by atoms with Crippen LogP contribution in [0.15, 0.2) is 42.5 Å². The van der Waals surface area contributed by atoms with Crippen molar-refractivity contribution in [2.75, 3.05) is 0 Å². The van der Waals surface area contributed by atoms with E-state index in [2.05, 4.69) is 0 Å². The van der Waals surface area contributed by atoms with Gasteiger partial charge in [-0.15, -0.1) is 0 Å². The summed E-state index contributed by atoms with van der Waals surface area (Å²) in [6.07, 6.45) is -0.380. The minimum Gasteiger partial charge on any atom is -0.508 e. The van der Waals surface area contributed by atoms with Gasteiger partial charge in [-0.25, -0.2) is 4.39 Å². The van der Waals surface area contributed by atoms with E-state index in [0.29, 0.717) is 12.0 Å². The average Bonchev–Trinajstić information content (AvgIpc) is 2.35. The SMILES string of the molecule is Oc1ccc(CC(O)c2ccc(F)c(Cl)c2)cc1. The van der Waals surface area contributed by atoms with E-state index in [4.69, 9.17) is 16.7 Å². The van der Waals surface area contributed by atoms with E-state index >= 15 is 0 Å². The van der Waals surface area contributed by atoms with E-state index in [1.165, 1.54) is 18.2 Å². The summed E-state index contributed by atoms with van der Waals surface area (Å²) in [6, 6.07) is 10.7. The number of halogens is 2. The zero-order valence-corrected chi connectivity index (χ0v) is 10.2. The van der Waals surface area contributed by atoms with Crippen molar-refractivity contribution in [1.29, 1.82) is 0 Å². The van der Waals surface area contributed by atoms with Crippen molar-refractivity contribution in [1.82, 2.24) is 0 Å². The van der Waals surface area contributed by atoms with Crippen LogP contribution in [0.3, 0.4) is 0 Å². The Kier molecular flexibility index (Phi) is 3.84. The molecule has 2 rings (SSSR count). The third kappa shape index (κ3) is 3.00. The molecule has 0 aliphatic carbocycles. The van der Waals surface area contributed by atoms with Crippen molar-refractivity contribution >= 4 is 11.6 Å². The molecule has 0 aliphatic heterocycles. The van der Waals surface area contributed by atoms with Gasteiger partial charge in [-0.3, -0.25) is 0 Å². The van der Waals surface area contributed by atoms with Crippen LogP contribution < -0.4 is 0 Å². The standard InChI is InChI=1S/C14H12ClFO2/c15-12-8-10(3-6-13(12)16)14(18)7-9-1-4-11(17)5-2-9/h1-6,8,14,17-18H,7H2. The molecule has 0 bridgehead atoms. The minimum absolute atomic E-state index is 0.00254. The van der Waals surface area contributed by atoms with Crippen LogP contribution in [-0.2, 0) is 6.42 Å². The Bertz CT molecular complexity index is 540. The highest BCUT2D eigenvalue weighted by Gasteiger charge is 2.10. The second kappa shape index (κ2) is 5.38. The van der Waals surface area contributed by atoms with E-state index in [0.717, 1.165) is 5.56 Å². The molecule has 1 unspecified atom stereocenters. The summed E-state index contributed by atoms with van der Waals surface area (Å²) in [5.41, 5.74) is 1.44. The van der Waals surface area contributed by atoms with Crippen LogP contribution >= 0.6 is 11.6 Å². The Balaban J connectivity index is 2.13. The molecule has 2 nitrogen and oxygen atoms in total. The normalized spacial score (nSPS) is 12.4. The monoisotopic (exact) mass is 266 g/mol. The molecule has 0 aliphatic rings. The van der Waals surface area contributed by atoms with Gasteiger partial charge in [0.1, 0.15) is 11.6 Å². The molecule has 0 fully saturated rings. The molecule has 0 aromatic heterocycles. The summed E-state index contributed by atoms with van der Waals surface area (Å²) >= 11 is 5.66. The molecule has 2 aromatic rings. The van der Waals surface area contributed by atoms with Crippen LogP contribution in [0.2, 0.25) is 5.02 Å². The number of aromatic hydroxyl groups is 1. The molecule has 1 atom stereocenters. The largest absolute Gasteiger partial charge is 0.508 e. The summed E-state index contributed by atoms with van der Waals surface area (Å²) < 4.78 is 13.0. The molecule has 18 heavy (non-hydrogen) atoms. The van der Waals surface area contributed by atoms with Gasteiger partial charge in [0.05, 0.1) is 11.1 Å². The topological polar surface area (TPSA) is 40.5 Å². The Morgan fingerprint density at radius 3 is 2.39 bits per heavy atom. The summed E-state index contributed by atoms with van der Waals surface area (Å²) in [7, 11) is 0. The van der Waals surface area contributed by atoms with Gasteiger partial charge in [0, 0.05) is 6.42 Å². The summed E-state index contributed by atoms with van der Waals surface area (Å²) in [5.74, 6) is -0.324. The predicted octanol–water partition coefficient (Wildman–Crippen LogP) is 3.46. The van der Waals surface area contributed by atoms with Gasteiger partial charge >= 0.3 is 0 Å². The Labute approximate surface area is 109 Å². The maximum absolute atomic E-state index is 13.0. The van der Waals surface area contributed by atoms with Gasteiger partial charge in [0.25, 0.3) is 0 Å². The third-order valence-electron chi connectivity index (χ3n) is 2.69. The first-order valence-electron chi connectivity index (χ1n) is 5.47. The quantitative estimate of drug-likeness (QED) is 0.893. The van der Waals surface area contributed by atoms with Crippen molar-refractivity contribution in [3.05, 3.63) is 64.4 Å². The minimum atomic E-state index is -0.757. The number of benzene rings is 2. The fourth-order valence-electron chi connectivity index (χ4n) is 1.69. The number of aliphatic hydroxyl groups is 1. The summed E-state index contributed by atoms with van der Waals surface area (Å²) in [4.78, 5) is 0. The van der Waals surface area contributed by atoms with Crippen LogP contribution in [0.1, 0.15) is 17.2 Å². The fourth-order valence-corrected chi connectivity index (χ4v) is 1.88. The molecule has 0 amide bonds. The molecule has 0 saturated heterocycles. The van der Waals surface area contributed by atoms with Gasteiger partial charge in [-0.1, -0.05) is 29.8 Å². The first-order valence-corrected chi connectivity index (χ1v) is 5.85. The molecular formula is C14H12ClFO2. The van der Waals surface area contributed by atoms with E-state index in [-0.39, 0.29) is 10.8 Å². The second-order valence-corrected chi connectivity index (χ2v) is 4.47. The zero-order chi connectivity index (χ0) is 13.1. The summed E-state index contributed by atoms with van der Waals surface area (Å²) in [5, 5.41) is 19.2. The summed E-state index contributed by atoms with van der Waals surface area (Å²) in [6.45, 7) is 0. The fraction of sp³-hybridized carbons (Fsp3) is 0.143. The smallest absolute Gasteiger partial charge is 0.141 e. The highest BCUT2D eigenvalue weighted by molar-refractivity contribution is 6.30. The third-order valence-corrected chi connectivity index (χ3v) is 2.98. The van der Waals surface area contributed by atoms with Crippen molar-refractivity contribution in [3.63, 3.8) is 0 Å². The molecule has 4 heteroatoms. The van der Waals surface area contributed by atoms with Gasteiger partial charge in [0.15, 0.2) is 0 Å². The highest BCUT2D eigenvalue weighted by Crippen LogP contribution is 2.24. The lowest BCUT2D eigenvalue weighted by Gasteiger charge is -2.11. The van der Waals surface area contributed by atoms with Gasteiger partial charge in [0.2, 0.25) is 0 Å². The van der Waals surface area contributed by atoms with E-state index in [1.807, 2.05) is 0 Å². The highest BCUT2D eigenvalue weighted by atomic mass is 35.5. The van der Waals surface area contributed by atoms with Crippen LogP contribution in [-0.4, -0.2) is 10.2 Å². The lowest BCUT2D eigenvalue weighted by Crippen LogP contribution is -2.02. The molecule has 0 saturated carbocycles. The molecule has 0 heterocycles. The van der Waals surface area contributed by atoms with Crippen molar-refractivity contribution in [3.8, 4) is 5.75 Å². The van der Waals surface area contributed by atoms with E-state index in [1.54, 1.807) is 24.3 Å². The molecular weight excluding hydrogens is 255 g/mol. The van der Waals surface area contributed by atoms with E-state index < -0.39 is 11.9 Å². The van der Waals surface area contributed by atoms with E-state index in [9.17, 15) is 9.50 Å². The van der Waals surface area contributed by atoms with Crippen LogP contribution in [0.5, 0.6) is 5.75 Å². The lowest BCUT2D eigenvalue weighted by molar-refractivity contribution is 0.178. The van der Waals surface area contributed by atoms with Gasteiger partial charge in [-0.05, 0) is 35.4 Å². The van der Waals surface area contributed by atoms with Crippen LogP contribution in [0.4, 0.5) is 4.39 Å². The Morgan fingerprint density at radius 1 is 1.11 bits per heavy atom. The predicted molar refractivity (Wildman–Crippen MR) is 68.2 cm³/mol. The van der Waals surface area contributed by atoms with Crippen molar-refractivity contribution in [2.24, 2.45) is 0 Å².